The summed E-state index contributed by atoms with van der Waals surface area (Å²) < 4.78 is 1.67. The van der Waals surface area contributed by atoms with Gasteiger partial charge in [0.05, 0.1) is 6.54 Å². The van der Waals surface area contributed by atoms with Gasteiger partial charge in [-0.25, -0.2) is 4.79 Å². The van der Waals surface area contributed by atoms with Gasteiger partial charge in [-0.3, -0.25) is 4.79 Å². The molecule has 4 unspecified atom stereocenters. The van der Waals surface area contributed by atoms with Crippen LogP contribution in [0, 0.1) is 0 Å². The van der Waals surface area contributed by atoms with Crippen LogP contribution in [-0.4, -0.2) is 47.2 Å². The van der Waals surface area contributed by atoms with Gasteiger partial charge >= 0.3 is 6.03 Å². The average molecular weight is 238 g/mol. The highest BCUT2D eigenvalue weighted by atomic mass is 32.0. The normalized spacial score (nSPS) is 23.6. The molecule has 0 N–H and O–H groups in total. The molecule has 7 heteroatoms. The Hall–Kier alpha value is 0.230. The Bertz CT molecular complexity index is 236. The third-order valence-electron chi connectivity index (χ3n) is 2.08. The molecule has 0 aromatic carbocycles. The Balaban J connectivity index is 2.71. The number of likely N-dealkylation sites (N-methyl/N-ethyl adjacent to an activating group) is 1. The maximum absolute atomic E-state index is 11.5. The van der Waals surface area contributed by atoms with Gasteiger partial charge in [0.1, 0.15) is 6.04 Å². The van der Waals surface area contributed by atoms with Gasteiger partial charge in [-0.15, -0.1) is 9.24 Å². The zero-order valence-electron chi connectivity index (χ0n) is 7.36. The van der Waals surface area contributed by atoms with Crippen molar-refractivity contribution in [3.63, 3.8) is 0 Å². The lowest BCUT2D eigenvalue weighted by Crippen LogP contribution is -2.37. The third-order valence-corrected chi connectivity index (χ3v) is 4.11. The van der Waals surface area contributed by atoms with E-state index in [1.54, 1.807) is 11.7 Å². The van der Waals surface area contributed by atoms with Gasteiger partial charge in [0, 0.05) is 13.2 Å². The van der Waals surface area contributed by atoms with Crippen molar-refractivity contribution in [1.82, 2.24) is 9.57 Å². The Morgan fingerprint density at radius 3 is 2.77 bits per heavy atom. The zero-order valence-corrected chi connectivity index (χ0v) is 10.7. The molecule has 4 atom stereocenters. The lowest BCUT2D eigenvalue weighted by Gasteiger charge is -2.15. The first-order chi connectivity index (χ1) is 6.11. The number of hydrogen-bond acceptors (Lipinski definition) is 2. The standard InChI is InChI=1S/C6H13N2O2P3/c1-7-4(5(9)3-11)2-8(13-12)6(7)10/h4,13H,2-3,11-12H2,1H3. The molecular weight excluding hydrogens is 225 g/mol. The fourth-order valence-electron chi connectivity index (χ4n) is 1.26. The van der Waals surface area contributed by atoms with Crippen molar-refractivity contribution in [2.75, 3.05) is 19.8 Å². The first kappa shape index (κ1) is 11.3. The summed E-state index contributed by atoms with van der Waals surface area (Å²) in [5.41, 5.74) is 0. The van der Waals surface area contributed by atoms with E-state index in [9.17, 15) is 9.59 Å². The average Bonchev–Trinajstić information content (AvgIpc) is 2.43. The van der Waals surface area contributed by atoms with E-state index < -0.39 is 0 Å². The Morgan fingerprint density at radius 2 is 2.38 bits per heavy atom. The van der Waals surface area contributed by atoms with Crippen LogP contribution in [0.2, 0.25) is 0 Å². The molecule has 0 aromatic rings. The summed E-state index contributed by atoms with van der Waals surface area (Å²) in [7, 11) is 6.94. The van der Waals surface area contributed by atoms with E-state index in [0.29, 0.717) is 21.1 Å². The molecule has 1 aliphatic rings. The molecular formula is C6H13N2O2P3. The molecule has 0 radical (unpaired) electrons. The van der Waals surface area contributed by atoms with Gasteiger partial charge in [-0.2, -0.15) is 0 Å². The van der Waals surface area contributed by atoms with E-state index in [1.165, 1.54) is 4.90 Å². The Labute approximate surface area is 83.9 Å². The van der Waals surface area contributed by atoms with Crippen LogP contribution in [0.5, 0.6) is 0 Å². The molecule has 74 valence electrons. The summed E-state index contributed by atoms with van der Waals surface area (Å²) in [5.74, 6) is 0.103. The molecule has 0 bridgehead atoms. The highest BCUT2D eigenvalue weighted by Crippen LogP contribution is 2.32. The molecule has 2 amide bonds. The van der Waals surface area contributed by atoms with E-state index >= 15 is 0 Å². The molecule has 0 saturated carbocycles. The summed E-state index contributed by atoms with van der Waals surface area (Å²) in [6.07, 6.45) is 0.413. The number of urea groups is 1. The lowest BCUT2D eigenvalue weighted by molar-refractivity contribution is -0.119. The minimum absolute atomic E-state index is 0.0508. The molecule has 0 aromatic heterocycles. The van der Waals surface area contributed by atoms with Crippen LogP contribution in [0.15, 0.2) is 0 Å². The maximum atomic E-state index is 11.5. The second-order valence-corrected chi connectivity index (χ2v) is 4.80. The number of amides is 2. The van der Waals surface area contributed by atoms with Crippen LogP contribution >= 0.6 is 26.6 Å². The second-order valence-electron chi connectivity index (χ2n) is 2.82. The first-order valence-electron chi connectivity index (χ1n) is 3.85. The van der Waals surface area contributed by atoms with Crippen molar-refractivity contribution in [2.45, 2.75) is 6.04 Å². The molecule has 13 heavy (non-hydrogen) atoms. The molecule has 4 nitrogen and oxygen atoms in total. The number of rotatable bonds is 3. The van der Waals surface area contributed by atoms with Gasteiger partial charge in [0.2, 0.25) is 0 Å². The van der Waals surface area contributed by atoms with Crippen LogP contribution in [0.25, 0.3) is 0 Å². The topological polar surface area (TPSA) is 40.6 Å². The molecule has 0 spiro atoms. The van der Waals surface area contributed by atoms with Gasteiger partial charge < -0.3 is 9.57 Å². The van der Waals surface area contributed by atoms with Crippen LogP contribution in [0.4, 0.5) is 4.79 Å². The monoisotopic (exact) mass is 238 g/mol. The summed E-state index contributed by atoms with van der Waals surface area (Å²) in [6, 6.07) is -0.303. The van der Waals surface area contributed by atoms with Crippen molar-refractivity contribution in [3.05, 3.63) is 0 Å². The minimum atomic E-state index is -0.252. The van der Waals surface area contributed by atoms with Crippen LogP contribution < -0.4 is 0 Å². The molecule has 0 aliphatic carbocycles. The molecule has 1 saturated heterocycles. The minimum Gasteiger partial charge on any atom is -0.316 e. The number of Topliss-reactive ketones (excluding diaryl/α,β-unsaturated/α-hetero) is 1. The third kappa shape index (κ3) is 2.18. The molecule has 1 aliphatic heterocycles. The van der Waals surface area contributed by atoms with Gasteiger partial charge in [-0.1, -0.05) is 8.93 Å². The van der Waals surface area contributed by atoms with Gasteiger partial charge in [-0.05, 0) is 8.42 Å². The molecule has 1 rings (SSSR count). The molecule has 1 heterocycles. The van der Waals surface area contributed by atoms with E-state index in [-0.39, 0.29) is 17.9 Å². The number of ketones is 1. The van der Waals surface area contributed by atoms with Crippen molar-refractivity contribution in [3.8, 4) is 0 Å². The smallest absolute Gasteiger partial charge is 0.316 e. The highest BCUT2D eigenvalue weighted by Gasteiger charge is 2.37. The van der Waals surface area contributed by atoms with Gasteiger partial charge in [0.25, 0.3) is 0 Å². The lowest BCUT2D eigenvalue weighted by atomic mass is 10.2. The number of carbonyl (C=O) groups is 2. The van der Waals surface area contributed by atoms with Crippen molar-refractivity contribution in [1.29, 1.82) is 0 Å². The van der Waals surface area contributed by atoms with E-state index in [4.69, 9.17) is 0 Å². The Kier molecular flexibility index (Phi) is 4.04. The number of hydrogen-bond donors (Lipinski definition) is 0. The predicted molar refractivity (Wildman–Crippen MR) is 61.3 cm³/mol. The van der Waals surface area contributed by atoms with Crippen molar-refractivity contribution >= 4 is 38.4 Å². The summed E-state index contributed by atoms with van der Waals surface area (Å²) in [6.45, 7) is 0.532. The first-order valence-corrected chi connectivity index (χ1v) is 7.42. The van der Waals surface area contributed by atoms with Crippen LogP contribution in [0.3, 0.4) is 0 Å². The largest absolute Gasteiger partial charge is 0.323 e. The fourth-order valence-corrected chi connectivity index (χ4v) is 2.73. The summed E-state index contributed by atoms with van der Waals surface area (Å²) in [4.78, 5) is 24.4. The van der Waals surface area contributed by atoms with Crippen molar-refractivity contribution < 1.29 is 9.59 Å². The highest BCUT2D eigenvalue weighted by molar-refractivity contribution is 8.01. The molecule has 1 fully saturated rings. The van der Waals surface area contributed by atoms with E-state index in [1.807, 2.05) is 0 Å². The van der Waals surface area contributed by atoms with E-state index in [2.05, 4.69) is 18.2 Å². The number of nitrogens with zero attached hydrogens (tertiary/aromatic N) is 2. The Morgan fingerprint density at radius 1 is 1.77 bits per heavy atom. The summed E-state index contributed by atoms with van der Waals surface area (Å²) >= 11 is 0. The summed E-state index contributed by atoms with van der Waals surface area (Å²) in [5, 5.41) is 0. The van der Waals surface area contributed by atoms with Crippen LogP contribution in [0.1, 0.15) is 0 Å². The zero-order chi connectivity index (χ0) is 10.0. The number of carbonyl (C=O) groups excluding carboxylic acids is 2. The second kappa shape index (κ2) is 4.64. The van der Waals surface area contributed by atoms with Crippen LogP contribution in [-0.2, 0) is 4.79 Å². The maximum Gasteiger partial charge on any atom is 0.323 e. The quantitative estimate of drug-likeness (QED) is 0.673. The van der Waals surface area contributed by atoms with Gasteiger partial charge in [0.15, 0.2) is 5.78 Å². The van der Waals surface area contributed by atoms with Crippen molar-refractivity contribution in [2.24, 2.45) is 0 Å². The van der Waals surface area contributed by atoms with E-state index in [0.717, 1.165) is 0 Å². The SMILES string of the molecule is CN1C(=O)N(PP)CC1C(=O)CP. The fraction of sp³-hybridized carbons (Fsp3) is 0.667. The predicted octanol–water partition coefficient (Wildman–Crippen LogP) is 0.550.